The second kappa shape index (κ2) is 5.05. The van der Waals surface area contributed by atoms with Gasteiger partial charge in [-0.25, -0.2) is 0 Å². The third kappa shape index (κ3) is 2.88. The van der Waals surface area contributed by atoms with Crippen molar-refractivity contribution in [3.63, 3.8) is 0 Å². The zero-order chi connectivity index (χ0) is 10.5. The molecule has 1 aromatic carbocycles. The number of rotatable bonds is 4. The average Bonchev–Trinajstić information content (AvgIpc) is 2.79. The zero-order valence-corrected chi connectivity index (χ0v) is 9.17. The van der Waals surface area contributed by atoms with Gasteiger partial charge in [-0.05, 0) is 29.8 Å². The Balaban J connectivity index is 1.98. The molecule has 0 saturated carbocycles. The smallest absolute Gasteiger partial charge is 0.113 e. The first kappa shape index (κ1) is 10.3. The minimum Gasteiger partial charge on any atom is -0.468 e. The summed E-state index contributed by atoms with van der Waals surface area (Å²) in [7, 11) is 0. The van der Waals surface area contributed by atoms with E-state index in [9.17, 15) is 0 Å². The van der Waals surface area contributed by atoms with Crippen LogP contribution in [0, 0.1) is 0 Å². The van der Waals surface area contributed by atoms with Crippen molar-refractivity contribution in [2.24, 2.45) is 5.73 Å². The van der Waals surface area contributed by atoms with Crippen molar-refractivity contribution in [3.05, 3.63) is 54.0 Å². The fourth-order valence-corrected chi connectivity index (χ4v) is 2.19. The summed E-state index contributed by atoms with van der Waals surface area (Å²) in [5.74, 6) is 1.86. The molecule has 2 nitrogen and oxygen atoms in total. The summed E-state index contributed by atoms with van der Waals surface area (Å²) in [6, 6.07) is 12.2. The molecule has 2 aromatic rings. The van der Waals surface area contributed by atoms with E-state index < -0.39 is 0 Å². The monoisotopic (exact) mass is 219 g/mol. The van der Waals surface area contributed by atoms with Gasteiger partial charge in [0.25, 0.3) is 0 Å². The Bertz CT molecular complexity index is 411. The second-order valence-corrected chi connectivity index (χ2v) is 4.27. The quantitative estimate of drug-likeness (QED) is 0.803. The van der Waals surface area contributed by atoms with E-state index in [1.54, 1.807) is 18.0 Å². The van der Waals surface area contributed by atoms with Crippen LogP contribution in [0.25, 0.3) is 0 Å². The summed E-state index contributed by atoms with van der Waals surface area (Å²) in [4.78, 5) is 1.23. The lowest BCUT2D eigenvalue weighted by Gasteiger charge is -2.01. The summed E-state index contributed by atoms with van der Waals surface area (Å²) >= 11 is 1.76. The highest BCUT2D eigenvalue weighted by molar-refractivity contribution is 7.98. The van der Waals surface area contributed by atoms with E-state index in [-0.39, 0.29) is 0 Å². The number of hydrogen-bond donors (Lipinski definition) is 1. The fourth-order valence-electron chi connectivity index (χ4n) is 1.31. The van der Waals surface area contributed by atoms with Crippen LogP contribution in [0.15, 0.2) is 52.0 Å². The minimum atomic E-state index is 0.592. The van der Waals surface area contributed by atoms with Crippen molar-refractivity contribution in [2.45, 2.75) is 17.2 Å². The van der Waals surface area contributed by atoms with E-state index in [2.05, 4.69) is 12.1 Å². The Morgan fingerprint density at radius 1 is 1.20 bits per heavy atom. The topological polar surface area (TPSA) is 39.2 Å². The molecule has 0 saturated heterocycles. The van der Waals surface area contributed by atoms with E-state index in [1.165, 1.54) is 10.5 Å². The van der Waals surface area contributed by atoms with Crippen LogP contribution in [-0.2, 0) is 12.3 Å². The van der Waals surface area contributed by atoms with Crippen LogP contribution in [0.3, 0.4) is 0 Å². The zero-order valence-electron chi connectivity index (χ0n) is 8.35. The van der Waals surface area contributed by atoms with Crippen LogP contribution in [0.5, 0.6) is 0 Å². The molecule has 2 N–H and O–H groups in total. The number of thioether (sulfide) groups is 1. The van der Waals surface area contributed by atoms with Crippen molar-refractivity contribution in [1.82, 2.24) is 0 Å². The number of hydrogen-bond acceptors (Lipinski definition) is 3. The minimum absolute atomic E-state index is 0.592. The Labute approximate surface area is 93.5 Å². The Kier molecular flexibility index (Phi) is 3.48. The van der Waals surface area contributed by atoms with Gasteiger partial charge in [-0.15, -0.1) is 11.8 Å². The Morgan fingerprint density at radius 2 is 2.13 bits per heavy atom. The molecule has 3 heteroatoms. The standard InChI is InChI=1S/C12H13NOS/c13-8-10-3-1-5-12(7-10)15-9-11-4-2-6-14-11/h1-7H,8-9,13H2. The molecule has 0 spiro atoms. The first-order valence-corrected chi connectivity index (χ1v) is 5.81. The van der Waals surface area contributed by atoms with Crippen molar-refractivity contribution in [3.8, 4) is 0 Å². The van der Waals surface area contributed by atoms with Crippen molar-refractivity contribution in [2.75, 3.05) is 0 Å². The normalized spacial score (nSPS) is 10.5. The highest BCUT2D eigenvalue weighted by atomic mass is 32.2. The van der Waals surface area contributed by atoms with E-state index in [0.717, 1.165) is 11.5 Å². The third-order valence-electron chi connectivity index (χ3n) is 2.10. The van der Waals surface area contributed by atoms with Gasteiger partial charge in [0.1, 0.15) is 5.76 Å². The lowest BCUT2D eigenvalue weighted by molar-refractivity contribution is 0.530. The van der Waals surface area contributed by atoms with Crippen LogP contribution in [-0.4, -0.2) is 0 Å². The fraction of sp³-hybridized carbons (Fsp3) is 0.167. The maximum atomic E-state index is 5.58. The van der Waals surface area contributed by atoms with Crippen molar-refractivity contribution < 1.29 is 4.42 Å². The van der Waals surface area contributed by atoms with E-state index >= 15 is 0 Å². The van der Waals surface area contributed by atoms with Crippen molar-refractivity contribution in [1.29, 1.82) is 0 Å². The highest BCUT2D eigenvalue weighted by Crippen LogP contribution is 2.23. The first-order chi connectivity index (χ1) is 7.38. The van der Waals surface area contributed by atoms with Gasteiger partial charge < -0.3 is 10.2 Å². The summed E-state index contributed by atoms with van der Waals surface area (Å²) in [6.45, 7) is 0.592. The van der Waals surface area contributed by atoms with Crippen LogP contribution < -0.4 is 5.73 Å². The van der Waals surface area contributed by atoms with Crippen LogP contribution in [0.1, 0.15) is 11.3 Å². The van der Waals surface area contributed by atoms with Gasteiger partial charge in [-0.3, -0.25) is 0 Å². The maximum Gasteiger partial charge on any atom is 0.113 e. The largest absolute Gasteiger partial charge is 0.468 e. The van der Waals surface area contributed by atoms with Gasteiger partial charge in [0.2, 0.25) is 0 Å². The molecule has 0 amide bonds. The number of nitrogens with two attached hydrogens (primary N) is 1. The van der Waals surface area contributed by atoms with Crippen molar-refractivity contribution >= 4 is 11.8 Å². The van der Waals surface area contributed by atoms with E-state index in [0.29, 0.717) is 6.54 Å². The van der Waals surface area contributed by atoms with E-state index in [4.69, 9.17) is 10.2 Å². The highest BCUT2D eigenvalue weighted by Gasteiger charge is 1.99. The van der Waals surface area contributed by atoms with Gasteiger partial charge in [-0.2, -0.15) is 0 Å². The van der Waals surface area contributed by atoms with Gasteiger partial charge in [-0.1, -0.05) is 12.1 Å². The molecule has 1 aromatic heterocycles. The molecule has 0 radical (unpaired) electrons. The molecular formula is C12H13NOS. The first-order valence-electron chi connectivity index (χ1n) is 4.82. The summed E-state index contributed by atoms with van der Waals surface area (Å²) in [5.41, 5.74) is 6.75. The predicted molar refractivity (Wildman–Crippen MR) is 62.6 cm³/mol. The molecule has 0 atom stereocenters. The summed E-state index contributed by atoms with van der Waals surface area (Å²) in [6.07, 6.45) is 1.70. The molecule has 15 heavy (non-hydrogen) atoms. The van der Waals surface area contributed by atoms with Gasteiger partial charge in [0.15, 0.2) is 0 Å². The summed E-state index contributed by atoms with van der Waals surface area (Å²) in [5, 5.41) is 0. The van der Waals surface area contributed by atoms with E-state index in [1.807, 2.05) is 24.3 Å². The number of furan rings is 1. The van der Waals surface area contributed by atoms with Gasteiger partial charge in [0, 0.05) is 11.4 Å². The second-order valence-electron chi connectivity index (χ2n) is 3.22. The third-order valence-corrected chi connectivity index (χ3v) is 3.11. The van der Waals surface area contributed by atoms with Crippen LogP contribution in [0.4, 0.5) is 0 Å². The lowest BCUT2D eigenvalue weighted by atomic mass is 10.2. The summed E-state index contributed by atoms with van der Waals surface area (Å²) < 4.78 is 5.27. The molecular weight excluding hydrogens is 206 g/mol. The van der Waals surface area contributed by atoms with Gasteiger partial charge in [0.05, 0.1) is 12.0 Å². The molecule has 0 unspecified atom stereocenters. The molecule has 1 heterocycles. The molecule has 0 aliphatic heterocycles. The Hall–Kier alpha value is -1.19. The predicted octanol–water partition coefficient (Wildman–Crippen LogP) is 3.03. The number of benzene rings is 1. The SMILES string of the molecule is NCc1cccc(SCc2ccco2)c1. The molecule has 2 rings (SSSR count). The molecule has 0 bridgehead atoms. The van der Waals surface area contributed by atoms with Crippen LogP contribution in [0.2, 0.25) is 0 Å². The molecule has 0 aliphatic carbocycles. The molecule has 78 valence electrons. The lowest BCUT2D eigenvalue weighted by Crippen LogP contribution is -1.95. The van der Waals surface area contributed by atoms with Crippen LogP contribution >= 0.6 is 11.8 Å². The maximum absolute atomic E-state index is 5.58. The average molecular weight is 219 g/mol. The molecule has 0 aliphatic rings. The Morgan fingerprint density at radius 3 is 2.87 bits per heavy atom. The molecule has 0 fully saturated rings. The van der Waals surface area contributed by atoms with Gasteiger partial charge >= 0.3 is 0 Å².